The zero-order valence-corrected chi connectivity index (χ0v) is 17.9. The van der Waals surface area contributed by atoms with Crippen molar-refractivity contribution in [3.05, 3.63) is 99.9 Å². The quantitative estimate of drug-likeness (QED) is 0.245. The van der Waals surface area contributed by atoms with E-state index in [0.29, 0.717) is 0 Å². The Morgan fingerprint density at radius 3 is 1.68 bits per heavy atom. The molecule has 4 heteroatoms. The Morgan fingerprint density at radius 1 is 0.571 bits per heavy atom. The van der Waals surface area contributed by atoms with Gasteiger partial charge in [0.2, 0.25) is 0 Å². The van der Waals surface area contributed by atoms with Crippen LogP contribution in [0.2, 0.25) is 0 Å². The Morgan fingerprint density at radius 2 is 1.11 bits per heavy atom. The van der Waals surface area contributed by atoms with Crippen LogP contribution in [0.5, 0.6) is 11.5 Å². The van der Waals surface area contributed by atoms with E-state index in [1.807, 2.05) is 30.3 Å². The average molecular weight is 493 g/mol. The van der Waals surface area contributed by atoms with Gasteiger partial charge in [-0.3, -0.25) is 0 Å². The van der Waals surface area contributed by atoms with Gasteiger partial charge in [-0.2, -0.15) is 0 Å². The van der Waals surface area contributed by atoms with Gasteiger partial charge in [-0.1, -0.05) is 74.3 Å². The van der Waals surface area contributed by atoms with E-state index >= 15 is 0 Å². The molecule has 0 aromatic heterocycles. The summed E-state index contributed by atoms with van der Waals surface area (Å²) in [6.07, 6.45) is 0. The Hall–Kier alpha value is -2.56. The van der Waals surface area contributed by atoms with Crippen LogP contribution in [-0.2, 0) is 0 Å². The molecule has 1 heterocycles. The molecule has 136 valence electrons. The second kappa shape index (κ2) is 7.12. The van der Waals surface area contributed by atoms with Crippen molar-refractivity contribution in [2.24, 2.45) is 0 Å². The summed E-state index contributed by atoms with van der Waals surface area (Å²) in [6.45, 7) is 0. The van der Waals surface area contributed by atoms with Crippen molar-refractivity contribution in [2.45, 2.75) is 0 Å². The number of rotatable bonds is 2. The largest absolute Gasteiger partial charge is 0.453 e. The van der Waals surface area contributed by atoms with Crippen molar-refractivity contribution in [2.75, 3.05) is 4.90 Å². The van der Waals surface area contributed by atoms with E-state index in [9.17, 15) is 0 Å². The highest BCUT2D eigenvalue weighted by Crippen LogP contribution is 2.51. The fourth-order valence-electron chi connectivity index (χ4n) is 3.47. The monoisotopic (exact) mass is 491 g/mol. The van der Waals surface area contributed by atoms with Gasteiger partial charge in [0, 0.05) is 14.6 Å². The van der Waals surface area contributed by atoms with Crippen molar-refractivity contribution in [3.8, 4) is 22.6 Å². The molecule has 0 bridgehead atoms. The standard InChI is InChI=1S/C24H15Br2NO/c25-18-8-12-21-23(14-18)28-24-15-19(26)9-13-22(24)27(21)20-10-6-17(7-11-20)16-4-2-1-3-5-16/h1-15H. The molecule has 0 unspecified atom stereocenters. The van der Waals surface area contributed by atoms with E-state index in [-0.39, 0.29) is 0 Å². The van der Waals surface area contributed by atoms with Crippen molar-refractivity contribution in [1.82, 2.24) is 0 Å². The lowest BCUT2D eigenvalue weighted by atomic mass is 10.0. The summed E-state index contributed by atoms with van der Waals surface area (Å²) >= 11 is 7.10. The van der Waals surface area contributed by atoms with E-state index in [0.717, 1.165) is 37.5 Å². The van der Waals surface area contributed by atoms with E-state index in [1.54, 1.807) is 0 Å². The van der Waals surface area contributed by atoms with E-state index in [2.05, 4.69) is 97.4 Å². The van der Waals surface area contributed by atoms with E-state index in [1.165, 1.54) is 11.1 Å². The smallest absolute Gasteiger partial charge is 0.152 e. The second-order valence-corrected chi connectivity index (χ2v) is 8.41. The molecule has 0 fully saturated rings. The van der Waals surface area contributed by atoms with Gasteiger partial charge in [-0.05, 0) is 59.7 Å². The molecule has 0 amide bonds. The van der Waals surface area contributed by atoms with Gasteiger partial charge in [0.1, 0.15) is 0 Å². The highest BCUT2D eigenvalue weighted by atomic mass is 79.9. The predicted molar refractivity (Wildman–Crippen MR) is 122 cm³/mol. The van der Waals surface area contributed by atoms with Crippen molar-refractivity contribution < 1.29 is 4.74 Å². The first-order valence-corrected chi connectivity index (χ1v) is 10.5. The maximum absolute atomic E-state index is 6.18. The molecular weight excluding hydrogens is 478 g/mol. The zero-order valence-electron chi connectivity index (χ0n) is 14.8. The summed E-state index contributed by atoms with van der Waals surface area (Å²) in [7, 11) is 0. The molecule has 5 rings (SSSR count). The molecular formula is C24H15Br2NO. The van der Waals surface area contributed by atoms with Crippen LogP contribution in [-0.4, -0.2) is 0 Å². The van der Waals surface area contributed by atoms with Gasteiger partial charge in [0.25, 0.3) is 0 Å². The molecule has 0 radical (unpaired) electrons. The lowest BCUT2D eigenvalue weighted by Crippen LogP contribution is -2.15. The number of fused-ring (bicyclic) bond motifs is 2. The topological polar surface area (TPSA) is 12.5 Å². The summed E-state index contributed by atoms with van der Waals surface area (Å²) in [6, 6.07) is 31.3. The Kier molecular flexibility index (Phi) is 4.46. The Balaban J connectivity index is 1.63. The van der Waals surface area contributed by atoms with E-state index < -0.39 is 0 Å². The molecule has 1 aliphatic rings. The lowest BCUT2D eigenvalue weighted by Gasteiger charge is -2.33. The molecule has 0 spiro atoms. The molecule has 28 heavy (non-hydrogen) atoms. The summed E-state index contributed by atoms with van der Waals surface area (Å²) in [5, 5.41) is 0. The van der Waals surface area contributed by atoms with Crippen LogP contribution in [0.3, 0.4) is 0 Å². The number of halogens is 2. The van der Waals surface area contributed by atoms with Gasteiger partial charge < -0.3 is 9.64 Å². The summed E-state index contributed by atoms with van der Waals surface area (Å²) < 4.78 is 8.16. The molecule has 1 aliphatic heterocycles. The number of hydrogen-bond acceptors (Lipinski definition) is 2. The van der Waals surface area contributed by atoms with Gasteiger partial charge >= 0.3 is 0 Å². The normalized spacial score (nSPS) is 12.1. The Bertz CT molecular complexity index is 1110. The van der Waals surface area contributed by atoms with E-state index in [4.69, 9.17) is 4.74 Å². The fraction of sp³-hybridized carbons (Fsp3) is 0. The molecule has 0 saturated heterocycles. The summed E-state index contributed by atoms with van der Waals surface area (Å²) in [5.74, 6) is 1.65. The lowest BCUT2D eigenvalue weighted by molar-refractivity contribution is 0.476. The molecule has 2 nitrogen and oxygen atoms in total. The number of ether oxygens (including phenoxy) is 1. The van der Waals surface area contributed by atoms with Crippen LogP contribution in [0.1, 0.15) is 0 Å². The van der Waals surface area contributed by atoms with Crippen LogP contribution in [0.25, 0.3) is 11.1 Å². The first-order chi connectivity index (χ1) is 13.7. The minimum atomic E-state index is 0.826. The predicted octanol–water partition coefficient (Wildman–Crippen LogP) is 8.45. The number of anilines is 3. The van der Waals surface area contributed by atoms with Gasteiger partial charge in [0.15, 0.2) is 11.5 Å². The third-order valence-electron chi connectivity index (χ3n) is 4.78. The first-order valence-electron chi connectivity index (χ1n) is 8.92. The average Bonchev–Trinajstić information content (AvgIpc) is 2.72. The van der Waals surface area contributed by atoms with Crippen molar-refractivity contribution in [3.63, 3.8) is 0 Å². The number of nitrogens with zero attached hydrogens (tertiary/aromatic N) is 1. The third-order valence-corrected chi connectivity index (χ3v) is 5.76. The minimum Gasteiger partial charge on any atom is -0.453 e. The molecule has 0 saturated carbocycles. The van der Waals surface area contributed by atoms with Crippen LogP contribution in [0.15, 0.2) is 99.9 Å². The fourth-order valence-corrected chi connectivity index (χ4v) is 4.15. The molecule has 0 N–H and O–H groups in total. The SMILES string of the molecule is Brc1ccc2c(c1)Oc1cc(Br)ccc1N2c1ccc(-c2ccccc2)cc1. The van der Waals surface area contributed by atoms with Crippen LogP contribution < -0.4 is 9.64 Å². The zero-order chi connectivity index (χ0) is 19.1. The van der Waals surface area contributed by atoms with Crippen LogP contribution >= 0.6 is 31.9 Å². The van der Waals surface area contributed by atoms with Crippen LogP contribution in [0, 0.1) is 0 Å². The highest BCUT2D eigenvalue weighted by molar-refractivity contribution is 9.10. The minimum absolute atomic E-state index is 0.826. The van der Waals surface area contributed by atoms with Crippen molar-refractivity contribution >= 4 is 48.9 Å². The van der Waals surface area contributed by atoms with Gasteiger partial charge in [-0.25, -0.2) is 0 Å². The molecule has 4 aromatic rings. The van der Waals surface area contributed by atoms with Gasteiger partial charge in [-0.15, -0.1) is 0 Å². The maximum atomic E-state index is 6.18. The second-order valence-electron chi connectivity index (χ2n) is 6.57. The van der Waals surface area contributed by atoms with Crippen molar-refractivity contribution in [1.29, 1.82) is 0 Å². The molecule has 4 aromatic carbocycles. The summed E-state index contributed by atoms with van der Waals surface area (Å²) in [5.41, 5.74) is 5.54. The maximum Gasteiger partial charge on any atom is 0.152 e. The number of hydrogen-bond donors (Lipinski definition) is 0. The molecule has 0 atom stereocenters. The molecule has 0 aliphatic carbocycles. The first kappa shape index (κ1) is 17.5. The third kappa shape index (κ3) is 3.13. The Labute approximate surface area is 180 Å². The van der Waals surface area contributed by atoms with Crippen LogP contribution in [0.4, 0.5) is 17.1 Å². The highest BCUT2D eigenvalue weighted by Gasteiger charge is 2.26. The summed E-state index contributed by atoms with van der Waals surface area (Å²) in [4.78, 5) is 2.24. The number of benzene rings is 4. The van der Waals surface area contributed by atoms with Gasteiger partial charge in [0.05, 0.1) is 11.4 Å².